The molecule has 0 fully saturated rings. The first-order valence-corrected chi connectivity index (χ1v) is 18.1. The Hall–Kier alpha value is -2.64. The van der Waals surface area contributed by atoms with Crippen molar-refractivity contribution >= 4 is 33.0 Å². The van der Waals surface area contributed by atoms with Crippen LogP contribution in [0.4, 0.5) is 11.4 Å². The van der Waals surface area contributed by atoms with Gasteiger partial charge in [0.2, 0.25) is 0 Å². The zero-order chi connectivity index (χ0) is 29.8. The molecule has 0 aromatic heterocycles. The number of hydrogen-bond donors (Lipinski definition) is 0. The van der Waals surface area contributed by atoms with Gasteiger partial charge in [0.1, 0.15) is 11.5 Å². The number of benzene rings is 2. The van der Waals surface area contributed by atoms with E-state index in [0.29, 0.717) is 11.4 Å². The maximum atomic E-state index is 8.43. The summed E-state index contributed by atoms with van der Waals surface area (Å²) in [6.45, 7) is 1.49. The normalized spacial score (nSPS) is 10.6. The van der Waals surface area contributed by atoms with Crippen LogP contribution in [0.2, 0.25) is 0 Å². The number of nitrogens with zero attached hydrogens (tertiary/aromatic N) is 6. The van der Waals surface area contributed by atoms with E-state index < -0.39 is 0 Å². The molecule has 8 nitrogen and oxygen atoms in total. The second kappa shape index (κ2) is 26.0. The molecule has 0 N–H and O–H groups in total. The molecule has 0 radical (unpaired) electrons. The van der Waals surface area contributed by atoms with E-state index in [-0.39, 0.29) is 0 Å². The molecule has 0 atom stereocenters. The molecule has 0 aliphatic carbocycles. The first-order chi connectivity index (χ1) is 20.8. The number of azide groups is 2. The minimum atomic E-state index is 0.612. The van der Waals surface area contributed by atoms with E-state index >= 15 is 0 Å². The third kappa shape index (κ3) is 19.5. The van der Waals surface area contributed by atoms with Gasteiger partial charge in [0, 0.05) is 32.7 Å². The summed E-state index contributed by atoms with van der Waals surface area (Å²) in [5, 5.41) is 7.13. The van der Waals surface area contributed by atoms with Crippen molar-refractivity contribution in [3.63, 3.8) is 0 Å². The Labute approximate surface area is 260 Å². The van der Waals surface area contributed by atoms with Crippen molar-refractivity contribution in [3.8, 4) is 11.5 Å². The summed E-state index contributed by atoms with van der Waals surface area (Å²) in [5.41, 5.74) is 18.1. The van der Waals surface area contributed by atoms with Gasteiger partial charge in [0.05, 0.1) is 13.2 Å². The van der Waals surface area contributed by atoms with E-state index in [1.165, 1.54) is 101 Å². The molecule has 42 heavy (non-hydrogen) atoms. The van der Waals surface area contributed by atoms with E-state index in [2.05, 4.69) is 41.6 Å². The van der Waals surface area contributed by atoms with Crippen molar-refractivity contribution in [2.45, 2.75) is 103 Å². The van der Waals surface area contributed by atoms with E-state index in [1.54, 1.807) is 24.3 Å². The molecule has 230 valence electrons. The maximum Gasteiger partial charge on any atom is 0.119 e. The summed E-state index contributed by atoms with van der Waals surface area (Å²) in [6, 6.07) is 14.5. The molecule has 0 amide bonds. The fraction of sp³-hybridized carbons (Fsp3) is 0.625. The summed E-state index contributed by atoms with van der Waals surface area (Å²) < 4.78 is 11.5. The lowest BCUT2D eigenvalue weighted by atomic mass is 10.1. The number of rotatable bonds is 27. The van der Waals surface area contributed by atoms with Gasteiger partial charge in [-0.3, -0.25) is 0 Å². The van der Waals surface area contributed by atoms with Gasteiger partial charge >= 0.3 is 0 Å². The quantitative estimate of drug-likeness (QED) is 0.0328. The molecule has 2 aromatic rings. The predicted octanol–water partition coefficient (Wildman–Crippen LogP) is 12.7. The fourth-order valence-electron chi connectivity index (χ4n) is 4.47. The summed E-state index contributed by atoms with van der Waals surface area (Å²) >= 11 is 0. The van der Waals surface area contributed by atoms with Gasteiger partial charge in [-0.25, -0.2) is 0 Å². The standard InChI is InChI=1S/C32H48N6O2S2/c33-37-35-29-17-21-31(22-18-29)39-25-13-9-5-1-3-7-11-15-27-41-42-28-16-12-8-4-2-6-10-14-26-40-32-23-19-30(20-24-32)36-38-34/h17-24H,1-16,25-28H2. The van der Waals surface area contributed by atoms with E-state index in [0.717, 1.165) is 37.6 Å². The first kappa shape index (κ1) is 35.6. The Morgan fingerprint density at radius 1 is 0.452 bits per heavy atom. The van der Waals surface area contributed by atoms with Gasteiger partial charge < -0.3 is 9.47 Å². The SMILES string of the molecule is [N-]=[N+]=Nc1ccc(OCCCCCCCCCCSSCCCCCCCCCCOc2ccc(N=[N+]=[N-])cc2)cc1. The zero-order valence-corrected chi connectivity index (χ0v) is 26.7. The summed E-state index contributed by atoms with van der Waals surface area (Å²) in [7, 11) is 4.13. The van der Waals surface area contributed by atoms with Crippen LogP contribution in [-0.4, -0.2) is 24.7 Å². The van der Waals surface area contributed by atoms with Crippen LogP contribution in [0.5, 0.6) is 11.5 Å². The molecule has 0 unspecified atom stereocenters. The molecule has 0 bridgehead atoms. The van der Waals surface area contributed by atoms with Crippen molar-refractivity contribution in [2.75, 3.05) is 24.7 Å². The fourth-order valence-corrected chi connectivity index (χ4v) is 6.76. The van der Waals surface area contributed by atoms with Gasteiger partial charge in [-0.15, -0.1) is 0 Å². The highest BCUT2D eigenvalue weighted by atomic mass is 33.1. The topological polar surface area (TPSA) is 116 Å². The Morgan fingerprint density at radius 3 is 1.10 bits per heavy atom. The first-order valence-electron chi connectivity index (χ1n) is 15.6. The molecule has 0 saturated heterocycles. The van der Waals surface area contributed by atoms with Crippen LogP contribution in [0.15, 0.2) is 58.8 Å². The highest BCUT2D eigenvalue weighted by Gasteiger charge is 1.98. The second-order valence-corrected chi connectivity index (χ2v) is 13.1. The monoisotopic (exact) mass is 612 g/mol. The van der Waals surface area contributed by atoms with Gasteiger partial charge in [-0.05, 0) is 85.3 Å². The minimum Gasteiger partial charge on any atom is -0.494 e. The van der Waals surface area contributed by atoms with E-state index in [9.17, 15) is 0 Å². The average molecular weight is 613 g/mol. The lowest BCUT2D eigenvalue weighted by Gasteiger charge is -2.06. The van der Waals surface area contributed by atoms with Gasteiger partial charge in [-0.2, -0.15) is 0 Å². The van der Waals surface area contributed by atoms with Crippen LogP contribution in [0.1, 0.15) is 103 Å². The lowest BCUT2D eigenvalue weighted by Crippen LogP contribution is -1.96. The second-order valence-electron chi connectivity index (χ2n) is 10.4. The molecule has 0 aliphatic heterocycles. The zero-order valence-electron chi connectivity index (χ0n) is 25.1. The van der Waals surface area contributed by atoms with Gasteiger partial charge in [0.15, 0.2) is 0 Å². The molecular weight excluding hydrogens is 565 g/mol. The Bertz CT molecular complexity index is 943. The van der Waals surface area contributed by atoms with E-state index in [4.69, 9.17) is 20.5 Å². The van der Waals surface area contributed by atoms with Crippen LogP contribution in [0.3, 0.4) is 0 Å². The van der Waals surface area contributed by atoms with Crippen molar-refractivity contribution in [2.24, 2.45) is 10.2 Å². The van der Waals surface area contributed by atoms with E-state index in [1.807, 2.05) is 24.3 Å². The number of ether oxygens (including phenoxy) is 2. The Morgan fingerprint density at radius 2 is 0.762 bits per heavy atom. The summed E-state index contributed by atoms with van der Waals surface area (Å²) in [5.74, 6) is 4.24. The largest absolute Gasteiger partial charge is 0.494 e. The Kier molecular flexibility index (Phi) is 22.0. The molecule has 0 aliphatic rings. The molecular formula is C32H48N6O2S2. The molecule has 2 aromatic carbocycles. The van der Waals surface area contributed by atoms with Crippen LogP contribution < -0.4 is 9.47 Å². The van der Waals surface area contributed by atoms with Crippen LogP contribution >= 0.6 is 21.6 Å². The van der Waals surface area contributed by atoms with Crippen LogP contribution in [0, 0.1) is 0 Å². The highest BCUT2D eigenvalue weighted by Crippen LogP contribution is 2.25. The smallest absolute Gasteiger partial charge is 0.119 e. The Balaban J connectivity index is 1.22. The van der Waals surface area contributed by atoms with Crippen LogP contribution in [0.25, 0.3) is 20.9 Å². The van der Waals surface area contributed by atoms with Crippen molar-refractivity contribution in [1.29, 1.82) is 0 Å². The average Bonchev–Trinajstić information content (AvgIpc) is 3.01. The van der Waals surface area contributed by atoms with Crippen molar-refractivity contribution in [3.05, 3.63) is 69.4 Å². The number of unbranched alkanes of at least 4 members (excludes halogenated alkanes) is 14. The lowest BCUT2D eigenvalue weighted by molar-refractivity contribution is 0.304. The van der Waals surface area contributed by atoms with Crippen LogP contribution in [-0.2, 0) is 0 Å². The number of hydrogen-bond acceptors (Lipinski definition) is 6. The maximum absolute atomic E-state index is 8.43. The predicted molar refractivity (Wildman–Crippen MR) is 180 cm³/mol. The third-order valence-corrected chi connectivity index (χ3v) is 9.44. The van der Waals surface area contributed by atoms with Gasteiger partial charge in [0.25, 0.3) is 0 Å². The highest BCUT2D eigenvalue weighted by molar-refractivity contribution is 8.76. The third-order valence-electron chi connectivity index (χ3n) is 6.86. The summed E-state index contributed by atoms with van der Waals surface area (Å²) in [4.78, 5) is 5.56. The molecule has 2 rings (SSSR count). The molecule has 0 spiro atoms. The summed E-state index contributed by atoms with van der Waals surface area (Å²) in [6.07, 6.45) is 20.7. The minimum absolute atomic E-state index is 0.612. The molecule has 10 heteroatoms. The van der Waals surface area contributed by atoms with Crippen molar-refractivity contribution in [1.82, 2.24) is 0 Å². The van der Waals surface area contributed by atoms with Crippen molar-refractivity contribution < 1.29 is 9.47 Å². The van der Waals surface area contributed by atoms with Gasteiger partial charge in [-0.1, -0.05) is 109 Å². The molecule has 0 saturated carbocycles. The molecule has 0 heterocycles.